The fourth-order valence-corrected chi connectivity index (χ4v) is 1.34. The van der Waals surface area contributed by atoms with Crippen LogP contribution >= 0.6 is 11.6 Å². The molecule has 0 radical (unpaired) electrons. The number of benzene rings is 1. The van der Waals surface area contributed by atoms with Gasteiger partial charge < -0.3 is 14.6 Å². The van der Waals surface area contributed by atoms with Crippen LogP contribution in [0.2, 0.25) is 0 Å². The summed E-state index contributed by atoms with van der Waals surface area (Å²) < 4.78 is 10.3. The smallest absolute Gasteiger partial charge is 0.131 e. The van der Waals surface area contributed by atoms with Gasteiger partial charge in [-0.3, -0.25) is 4.99 Å². The summed E-state index contributed by atoms with van der Waals surface area (Å²) in [5.41, 5.74) is 0.829. The van der Waals surface area contributed by atoms with Gasteiger partial charge in [-0.2, -0.15) is 0 Å². The zero-order chi connectivity index (χ0) is 12.7. The zero-order valence-electron chi connectivity index (χ0n) is 9.89. The molecule has 1 N–H and O–H groups in total. The van der Waals surface area contributed by atoms with Gasteiger partial charge in [0, 0.05) is 17.8 Å². The summed E-state index contributed by atoms with van der Waals surface area (Å²) in [6, 6.07) is 5.44. The molecule has 0 unspecified atom stereocenters. The first-order chi connectivity index (χ1) is 8.21. The van der Waals surface area contributed by atoms with E-state index < -0.39 is 6.10 Å². The molecule has 1 atom stereocenters. The van der Waals surface area contributed by atoms with Crippen LogP contribution in [0.5, 0.6) is 11.5 Å². The Morgan fingerprint density at radius 2 is 2.18 bits per heavy atom. The Kier molecular flexibility index (Phi) is 5.80. The Balaban J connectivity index is 2.76. The van der Waals surface area contributed by atoms with Crippen LogP contribution in [-0.4, -0.2) is 44.1 Å². The molecule has 0 saturated heterocycles. The van der Waals surface area contributed by atoms with E-state index in [1.165, 1.54) is 0 Å². The lowest BCUT2D eigenvalue weighted by Crippen LogP contribution is -2.12. The third-order valence-electron chi connectivity index (χ3n) is 2.17. The SMILES string of the molecule is COc1ccc(C=NC[C@H](O)CCl)c(OC)c1. The molecule has 4 nitrogen and oxygen atoms in total. The minimum absolute atomic E-state index is 0.178. The van der Waals surface area contributed by atoms with Crippen molar-refractivity contribution in [2.24, 2.45) is 4.99 Å². The largest absolute Gasteiger partial charge is 0.497 e. The molecule has 1 aromatic carbocycles. The summed E-state index contributed by atoms with van der Waals surface area (Å²) in [5, 5.41) is 9.25. The van der Waals surface area contributed by atoms with Crippen molar-refractivity contribution in [3.63, 3.8) is 0 Å². The van der Waals surface area contributed by atoms with E-state index in [9.17, 15) is 5.11 Å². The normalized spacial score (nSPS) is 12.7. The third kappa shape index (κ3) is 4.24. The van der Waals surface area contributed by atoms with Crippen molar-refractivity contribution < 1.29 is 14.6 Å². The molecule has 17 heavy (non-hydrogen) atoms. The standard InChI is InChI=1S/C12H16ClNO3/c1-16-11-4-3-9(12(5-11)17-2)7-14-8-10(15)6-13/h3-5,7,10,15H,6,8H2,1-2H3/t10-/m1/s1. The van der Waals surface area contributed by atoms with E-state index in [0.717, 1.165) is 11.3 Å². The van der Waals surface area contributed by atoms with Gasteiger partial charge in [0.25, 0.3) is 0 Å². The maximum absolute atomic E-state index is 9.25. The number of alkyl halides is 1. The summed E-state index contributed by atoms with van der Waals surface area (Å²) in [5.74, 6) is 1.57. The number of hydrogen-bond acceptors (Lipinski definition) is 4. The van der Waals surface area contributed by atoms with Gasteiger partial charge in [-0.25, -0.2) is 0 Å². The van der Waals surface area contributed by atoms with Crippen molar-refractivity contribution in [2.45, 2.75) is 6.10 Å². The Morgan fingerprint density at radius 3 is 2.76 bits per heavy atom. The zero-order valence-corrected chi connectivity index (χ0v) is 10.6. The number of aliphatic hydroxyl groups excluding tert-OH is 1. The van der Waals surface area contributed by atoms with Crippen molar-refractivity contribution in [1.29, 1.82) is 0 Å². The van der Waals surface area contributed by atoms with Gasteiger partial charge in [-0.15, -0.1) is 11.6 Å². The minimum Gasteiger partial charge on any atom is -0.497 e. The van der Waals surface area contributed by atoms with Crippen LogP contribution in [0.15, 0.2) is 23.2 Å². The molecule has 0 bridgehead atoms. The van der Waals surface area contributed by atoms with Gasteiger partial charge in [-0.1, -0.05) is 0 Å². The number of ether oxygens (including phenoxy) is 2. The summed E-state index contributed by atoms with van der Waals surface area (Å²) in [6.07, 6.45) is 1.03. The second-order valence-corrected chi connectivity index (χ2v) is 3.72. The number of nitrogens with zero attached hydrogens (tertiary/aromatic N) is 1. The van der Waals surface area contributed by atoms with E-state index in [0.29, 0.717) is 5.75 Å². The predicted octanol–water partition coefficient (Wildman–Crippen LogP) is 1.72. The molecule has 0 aromatic heterocycles. The molecular formula is C12H16ClNO3. The quantitative estimate of drug-likeness (QED) is 0.624. The molecule has 1 aromatic rings. The monoisotopic (exact) mass is 257 g/mol. The maximum atomic E-state index is 9.25. The molecule has 0 spiro atoms. The fraction of sp³-hybridized carbons (Fsp3) is 0.417. The van der Waals surface area contributed by atoms with E-state index >= 15 is 0 Å². The Morgan fingerprint density at radius 1 is 1.41 bits per heavy atom. The van der Waals surface area contributed by atoms with Crippen LogP contribution in [0.25, 0.3) is 0 Å². The molecule has 0 aliphatic heterocycles. The van der Waals surface area contributed by atoms with E-state index in [1.54, 1.807) is 26.5 Å². The second-order valence-electron chi connectivity index (χ2n) is 3.41. The van der Waals surface area contributed by atoms with E-state index in [-0.39, 0.29) is 12.4 Å². The van der Waals surface area contributed by atoms with Crippen LogP contribution in [0.3, 0.4) is 0 Å². The number of aliphatic hydroxyl groups is 1. The van der Waals surface area contributed by atoms with Crippen molar-refractivity contribution in [2.75, 3.05) is 26.6 Å². The molecule has 0 saturated carbocycles. The molecule has 0 heterocycles. The van der Waals surface area contributed by atoms with Crippen molar-refractivity contribution >= 4 is 17.8 Å². The van der Waals surface area contributed by atoms with E-state index in [1.807, 2.05) is 12.1 Å². The Bertz CT molecular complexity index is 382. The van der Waals surface area contributed by atoms with Gasteiger partial charge in [-0.05, 0) is 12.1 Å². The van der Waals surface area contributed by atoms with E-state index in [2.05, 4.69) is 4.99 Å². The first kappa shape index (κ1) is 13.8. The van der Waals surface area contributed by atoms with Gasteiger partial charge in [0.05, 0.1) is 32.7 Å². The third-order valence-corrected chi connectivity index (χ3v) is 2.52. The first-order valence-corrected chi connectivity index (χ1v) is 5.70. The van der Waals surface area contributed by atoms with Crippen molar-refractivity contribution in [3.8, 4) is 11.5 Å². The topological polar surface area (TPSA) is 51.0 Å². The summed E-state index contributed by atoms with van der Waals surface area (Å²) in [4.78, 5) is 4.10. The minimum atomic E-state index is -0.614. The van der Waals surface area contributed by atoms with E-state index in [4.69, 9.17) is 21.1 Å². The molecule has 5 heteroatoms. The first-order valence-electron chi connectivity index (χ1n) is 5.17. The summed E-state index contributed by atoms with van der Waals surface area (Å²) in [6.45, 7) is 0.276. The number of rotatable bonds is 6. The van der Waals surface area contributed by atoms with Crippen LogP contribution in [-0.2, 0) is 0 Å². The van der Waals surface area contributed by atoms with Crippen LogP contribution in [0.4, 0.5) is 0 Å². The number of methoxy groups -OCH3 is 2. The average molecular weight is 258 g/mol. The molecule has 0 amide bonds. The van der Waals surface area contributed by atoms with Gasteiger partial charge in [0.1, 0.15) is 11.5 Å². The highest BCUT2D eigenvalue weighted by molar-refractivity contribution is 6.18. The molecular weight excluding hydrogens is 242 g/mol. The van der Waals surface area contributed by atoms with Crippen LogP contribution in [0, 0.1) is 0 Å². The molecule has 94 valence electrons. The lowest BCUT2D eigenvalue weighted by Gasteiger charge is -2.07. The Labute approximate surface area is 106 Å². The van der Waals surface area contributed by atoms with Gasteiger partial charge in [0.15, 0.2) is 0 Å². The Hall–Kier alpha value is -1.26. The predicted molar refractivity (Wildman–Crippen MR) is 68.7 cm³/mol. The van der Waals surface area contributed by atoms with Crippen molar-refractivity contribution in [3.05, 3.63) is 23.8 Å². The van der Waals surface area contributed by atoms with Crippen molar-refractivity contribution in [1.82, 2.24) is 0 Å². The molecule has 0 aliphatic rings. The van der Waals surface area contributed by atoms with Gasteiger partial charge in [0.2, 0.25) is 0 Å². The average Bonchev–Trinajstić information content (AvgIpc) is 2.38. The van der Waals surface area contributed by atoms with Gasteiger partial charge >= 0.3 is 0 Å². The lowest BCUT2D eigenvalue weighted by molar-refractivity contribution is 0.207. The fourth-order valence-electron chi connectivity index (χ4n) is 1.25. The molecule has 1 rings (SSSR count). The number of halogens is 1. The van der Waals surface area contributed by atoms with Crippen LogP contribution in [0.1, 0.15) is 5.56 Å². The highest BCUT2D eigenvalue weighted by atomic mass is 35.5. The highest BCUT2D eigenvalue weighted by Gasteiger charge is 2.03. The summed E-state index contributed by atoms with van der Waals surface area (Å²) >= 11 is 5.47. The summed E-state index contributed by atoms with van der Waals surface area (Å²) in [7, 11) is 3.18. The number of aliphatic imine (C=N–C) groups is 1. The maximum Gasteiger partial charge on any atom is 0.131 e. The highest BCUT2D eigenvalue weighted by Crippen LogP contribution is 2.23. The second kappa shape index (κ2) is 7.14. The lowest BCUT2D eigenvalue weighted by atomic mass is 10.2. The molecule has 0 fully saturated rings. The number of hydrogen-bond donors (Lipinski definition) is 1. The van der Waals surface area contributed by atoms with Crippen LogP contribution < -0.4 is 9.47 Å². The molecule has 0 aliphatic carbocycles.